The highest BCUT2D eigenvalue weighted by atomic mass is 32.2. The van der Waals surface area contributed by atoms with Crippen molar-refractivity contribution < 1.29 is 19.1 Å². The first-order valence-electron chi connectivity index (χ1n) is 5.55. The van der Waals surface area contributed by atoms with Gasteiger partial charge in [-0.05, 0) is 38.3 Å². The maximum atomic E-state index is 11.9. The van der Waals surface area contributed by atoms with E-state index in [4.69, 9.17) is 9.52 Å². The number of carbonyl (C=O) groups excluding carboxylic acids is 1. The first-order valence-corrected chi connectivity index (χ1v) is 6.94. The lowest BCUT2D eigenvalue weighted by Crippen LogP contribution is -2.41. The third-order valence-corrected chi connectivity index (χ3v) is 3.14. The standard InChI is InChI=1S/C12H17NO4S/c1-7-6-9(8(2)17-7)11(14)13-10(12(15)16)4-5-18-3/h6,10H,4-5H2,1-3H3,(H,13,14)(H,15,16)/t10-/m0/s1. The molecule has 0 spiro atoms. The number of amides is 1. The zero-order valence-corrected chi connectivity index (χ0v) is 11.5. The van der Waals surface area contributed by atoms with Crippen LogP contribution in [0.2, 0.25) is 0 Å². The van der Waals surface area contributed by atoms with Crippen LogP contribution in [0.3, 0.4) is 0 Å². The van der Waals surface area contributed by atoms with Crippen LogP contribution in [0, 0.1) is 13.8 Å². The molecule has 100 valence electrons. The van der Waals surface area contributed by atoms with Crippen molar-refractivity contribution in [1.29, 1.82) is 0 Å². The fourth-order valence-corrected chi connectivity index (χ4v) is 2.06. The number of thioether (sulfide) groups is 1. The summed E-state index contributed by atoms with van der Waals surface area (Å²) < 4.78 is 5.25. The number of carbonyl (C=O) groups is 2. The molecule has 1 heterocycles. The van der Waals surface area contributed by atoms with Crippen LogP contribution < -0.4 is 5.32 Å². The van der Waals surface area contributed by atoms with Crippen molar-refractivity contribution in [1.82, 2.24) is 5.32 Å². The predicted octanol–water partition coefficient (Wildman–Crippen LogP) is 1.83. The summed E-state index contributed by atoms with van der Waals surface area (Å²) in [6, 6.07) is 0.748. The molecule has 1 rings (SSSR count). The fourth-order valence-electron chi connectivity index (χ4n) is 1.59. The number of hydrogen-bond donors (Lipinski definition) is 2. The lowest BCUT2D eigenvalue weighted by Gasteiger charge is -2.13. The molecule has 18 heavy (non-hydrogen) atoms. The van der Waals surface area contributed by atoms with Gasteiger partial charge < -0.3 is 14.8 Å². The molecule has 0 aliphatic rings. The molecular weight excluding hydrogens is 254 g/mol. The van der Waals surface area contributed by atoms with Crippen molar-refractivity contribution in [3.05, 3.63) is 23.2 Å². The first kappa shape index (κ1) is 14.6. The van der Waals surface area contributed by atoms with Crippen LogP contribution in [-0.2, 0) is 4.79 Å². The summed E-state index contributed by atoms with van der Waals surface area (Å²) >= 11 is 1.54. The van der Waals surface area contributed by atoms with Gasteiger partial charge in [0.05, 0.1) is 5.56 Å². The lowest BCUT2D eigenvalue weighted by molar-refractivity contribution is -0.139. The molecule has 5 nitrogen and oxygen atoms in total. The second-order valence-electron chi connectivity index (χ2n) is 3.97. The molecule has 6 heteroatoms. The van der Waals surface area contributed by atoms with Gasteiger partial charge in [-0.3, -0.25) is 4.79 Å². The molecule has 1 atom stereocenters. The molecule has 1 amide bonds. The van der Waals surface area contributed by atoms with Crippen LogP contribution in [0.1, 0.15) is 28.3 Å². The molecule has 0 saturated heterocycles. The van der Waals surface area contributed by atoms with E-state index in [-0.39, 0.29) is 0 Å². The van der Waals surface area contributed by atoms with Gasteiger partial charge in [0.1, 0.15) is 17.6 Å². The average Bonchev–Trinajstić information content (AvgIpc) is 2.63. The van der Waals surface area contributed by atoms with Crippen LogP contribution in [-0.4, -0.2) is 35.0 Å². The minimum atomic E-state index is -1.02. The van der Waals surface area contributed by atoms with Gasteiger partial charge in [-0.15, -0.1) is 0 Å². The molecule has 1 aromatic heterocycles. The fraction of sp³-hybridized carbons (Fsp3) is 0.500. The highest BCUT2D eigenvalue weighted by Crippen LogP contribution is 2.14. The SMILES string of the molecule is CSCC[C@H](NC(=O)c1cc(C)oc1C)C(=O)O. The van der Waals surface area contributed by atoms with Gasteiger partial charge in [-0.25, -0.2) is 4.79 Å². The van der Waals surface area contributed by atoms with E-state index in [1.807, 2.05) is 6.26 Å². The molecule has 0 saturated carbocycles. The number of rotatable bonds is 6. The minimum Gasteiger partial charge on any atom is -0.480 e. The Morgan fingerprint density at radius 1 is 1.50 bits per heavy atom. The van der Waals surface area contributed by atoms with E-state index in [1.54, 1.807) is 31.7 Å². The molecule has 0 aliphatic carbocycles. The van der Waals surface area contributed by atoms with E-state index in [9.17, 15) is 9.59 Å². The van der Waals surface area contributed by atoms with Crippen molar-refractivity contribution in [2.24, 2.45) is 0 Å². The second-order valence-corrected chi connectivity index (χ2v) is 4.96. The van der Waals surface area contributed by atoms with Crippen molar-refractivity contribution in [3.8, 4) is 0 Å². The number of aryl methyl sites for hydroxylation is 2. The van der Waals surface area contributed by atoms with Crippen LogP contribution in [0.25, 0.3) is 0 Å². The van der Waals surface area contributed by atoms with E-state index >= 15 is 0 Å². The average molecular weight is 271 g/mol. The number of hydrogen-bond acceptors (Lipinski definition) is 4. The Hall–Kier alpha value is -1.43. The van der Waals surface area contributed by atoms with Gasteiger partial charge >= 0.3 is 5.97 Å². The Bertz CT molecular complexity index is 441. The summed E-state index contributed by atoms with van der Waals surface area (Å²) in [7, 11) is 0. The summed E-state index contributed by atoms with van der Waals surface area (Å²) in [5, 5.41) is 11.5. The van der Waals surface area contributed by atoms with Gasteiger partial charge in [0.2, 0.25) is 0 Å². The van der Waals surface area contributed by atoms with Gasteiger partial charge in [0, 0.05) is 0 Å². The Kier molecular flexibility index (Phi) is 5.27. The third kappa shape index (κ3) is 3.80. The molecule has 0 fully saturated rings. The monoisotopic (exact) mass is 271 g/mol. The summed E-state index contributed by atoms with van der Waals surface area (Å²) in [5.74, 6) is 0.390. The summed E-state index contributed by atoms with van der Waals surface area (Å²) in [6.07, 6.45) is 2.29. The molecule has 0 aromatic carbocycles. The van der Waals surface area contributed by atoms with Crippen molar-refractivity contribution in [2.45, 2.75) is 26.3 Å². The van der Waals surface area contributed by atoms with E-state index < -0.39 is 17.9 Å². The van der Waals surface area contributed by atoms with Gasteiger partial charge in [0.15, 0.2) is 0 Å². The normalized spacial score (nSPS) is 12.2. The number of aliphatic carboxylic acids is 1. The topological polar surface area (TPSA) is 79.5 Å². The maximum Gasteiger partial charge on any atom is 0.326 e. The molecule has 0 bridgehead atoms. The Labute approximate surface area is 110 Å². The van der Waals surface area contributed by atoms with Crippen LogP contribution in [0.5, 0.6) is 0 Å². The molecule has 0 aliphatic heterocycles. The van der Waals surface area contributed by atoms with Gasteiger partial charge in [-0.2, -0.15) is 11.8 Å². The highest BCUT2D eigenvalue weighted by Gasteiger charge is 2.22. The van der Waals surface area contributed by atoms with E-state index in [0.717, 1.165) is 0 Å². The maximum absolute atomic E-state index is 11.9. The van der Waals surface area contributed by atoms with Crippen molar-refractivity contribution >= 4 is 23.6 Å². The second kappa shape index (κ2) is 6.49. The number of carboxylic acids is 1. The number of nitrogens with one attached hydrogen (secondary N) is 1. The lowest BCUT2D eigenvalue weighted by atomic mass is 10.2. The van der Waals surface area contributed by atoms with E-state index in [2.05, 4.69) is 5.32 Å². The molecule has 2 N–H and O–H groups in total. The Morgan fingerprint density at radius 3 is 2.61 bits per heavy atom. The zero-order valence-electron chi connectivity index (χ0n) is 10.6. The van der Waals surface area contributed by atoms with Gasteiger partial charge in [0.25, 0.3) is 5.91 Å². The third-order valence-electron chi connectivity index (χ3n) is 2.50. The zero-order chi connectivity index (χ0) is 13.7. The Balaban J connectivity index is 2.72. The van der Waals surface area contributed by atoms with Crippen LogP contribution in [0.4, 0.5) is 0 Å². The molecule has 0 radical (unpaired) electrons. The summed E-state index contributed by atoms with van der Waals surface area (Å²) in [4.78, 5) is 22.9. The Morgan fingerprint density at radius 2 is 2.17 bits per heavy atom. The smallest absolute Gasteiger partial charge is 0.326 e. The number of furan rings is 1. The van der Waals surface area contributed by atoms with Crippen molar-refractivity contribution in [3.63, 3.8) is 0 Å². The van der Waals surface area contributed by atoms with E-state index in [1.165, 1.54) is 0 Å². The quantitative estimate of drug-likeness (QED) is 0.825. The molecule has 0 unspecified atom stereocenters. The summed E-state index contributed by atoms with van der Waals surface area (Å²) in [5.41, 5.74) is 0.392. The minimum absolute atomic E-state index is 0.392. The number of carboxylic acid groups (broad SMARTS) is 1. The highest BCUT2D eigenvalue weighted by molar-refractivity contribution is 7.98. The van der Waals surface area contributed by atoms with Gasteiger partial charge in [-0.1, -0.05) is 0 Å². The largest absolute Gasteiger partial charge is 0.480 e. The first-order chi connectivity index (χ1) is 8.45. The van der Waals surface area contributed by atoms with Crippen molar-refractivity contribution in [2.75, 3.05) is 12.0 Å². The van der Waals surface area contributed by atoms with Crippen LogP contribution in [0.15, 0.2) is 10.5 Å². The molecular formula is C12H17NO4S. The molecule has 1 aromatic rings. The predicted molar refractivity (Wildman–Crippen MR) is 70.1 cm³/mol. The van der Waals surface area contributed by atoms with Crippen LogP contribution >= 0.6 is 11.8 Å². The van der Waals surface area contributed by atoms with E-state index in [0.29, 0.717) is 29.3 Å². The summed E-state index contributed by atoms with van der Waals surface area (Å²) in [6.45, 7) is 3.42.